The molecule has 0 saturated heterocycles. The summed E-state index contributed by atoms with van der Waals surface area (Å²) in [4.78, 5) is 12.1. The standard InChI is InChI=1S/C13H12BrNO/c1-15-7-11(13(16)8-2-3-8)10-5-4-9(14)6-12(10)15/h4-8H,2-3H2,1H3. The Morgan fingerprint density at radius 3 is 2.88 bits per heavy atom. The van der Waals surface area contributed by atoms with Crippen molar-refractivity contribution < 1.29 is 4.79 Å². The molecule has 0 atom stereocenters. The number of hydrogen-bond acceptors (Lipinski definition) is 1. The SMILES string of the molecule is Cn1cc(C(=O)C2CC2)c2ccc(Br)cc21. The van der Waals surface area contributed by atoms with Crippen LogP contribution in [-0.2, 0) is 7.05 Å². The lowest BCUT2D eigenvalue weighted by Crippen LogP contribution is -1.99. The number of aryl methyl sites for hydroxylation is 1. The Balaban J connectivity index is 2.21. The number of carbonyl (C=O) groups excluding carboxylic acids is 1. The third-order valence-corrected chi connectivity index (χ3v) is 3.66. The van der Waals surface area contributed by atoms with Gasteiger partial charge in [0.25, 0.3) is 0 Å². The minimum absolute atomic E-state index is 0.286. The molecule has 1 aromatic heterocycles. The third-order valence-electron chi connectivity index (χ3n) is 3.17. The maximum Gasteiger partial charge on any atom is 0.168 e. The zero-order chi connectivity index (χ0) is 11.3. The maximum atomic E-state index is 12.1. The van der Waals surface area contributed by atoms with E-state index in [0.717, 1.165) is 33.8 Å². The van der Waals surface area contributed by atoms with Crippen LogP contribution in [0, 0.1) is 5.92 Å². The van der Waals surface area contributed by atoms with Crippen LogP contribution in [0.2, 0.25) is 0 Å². The van der Waals surface area contributed by atoms with Gasteiger partial charge in [0.05, 0.1) is 0 Å². The molecule has 0 amide bonds. The van der Waals surface area contributed by atoms with Crippen LogP contribution in [0.4, 0.5) is 0 Å². The smallest absolute Gasteiger partial charge is 0.168 e. The molecule has 16 heavy (non-hydrogen) atoms. The van der Waals surface area contributed by atoms with Gasteiger partial charge in [-0.15, -0.1) is 0 Å². The molecule has 1 aliphatic rings. The van der Waals surface area contributed by atoms with Crippen molar-refractivity contribution in [1.82, 2.24) is 4.57 Å². The number of Topliss-reactive ketones (excluding diaryl/α,β-unsaturated/α-hetero) is 1. The topological polar surface area (TPSA) is 22.0 Å². The molecule has 1 aromatic carbocycles. The van der Waals surface area contributed by atoms with Crippen LogP contribution >= 0.6 is 15.9 Å². The van der Waals surface area contributed by atoms with E-state index in [1.54, 1.807) is 0 Å². The van der Waals surface area contributed by atoms with Gasteiger partial charge in [-0.05, 0) is 25.0 Å². The first-order valence-electron chi connectivity index (χ1n) is 5.45. The molecule has 2 nitrogen and oxygen atoms in total. The van der Waals surface area contributed by atoms with E-state index in [2.05, 4.69) is 22.0 Å². The quantitative estimate of drug-likeness (QED) is 0.770. The molecule has 0 spiro atoms. The highest BCUT2D eigenvalue weighted by Gasteiger charge is 2.32. The predicted octanol–water partition coefficient (Wildman–Crippen LogP) is 3.53. The molecule has 0 unspecified atom stereocenters. The molecule has 0 radical (unpaired) electrons. The first kappa shape index (κ1) is 10.1. The molecular weight excluding hydrogens is 266 g/mol. The molecule has 1 aliphatic carbocycles. The van der Waals surface area contributed by atoms with E-state index in [1.165, 1.54) is 0 Å². The van der Waals surface area contributed by atoms with Crippen molar-refractivity contribution >= 4 is 32.6 Å². The number of fused-ring (bicyclic) bond motifs is 1. The summed E-state index contributed by atoms with van der Waals surface area (Å²) in [5.41, 5.74) is 1.99. The second-order valence-electron chi connectivity index (χ2n) is 4.45. The second-order valence-corrected chi connectivity index (χ2v) is 5.37. The summed E-state index contributed by atoms with van der Waals surface area (Å²) < 4.78 is 3.07. The molecule has 82 valence electrons. The predicted molar refractivity (Wildman–Crippen MR) is 67.7 cm³/mol. The van der Waals surface area contributed by atoms with Gasteiger partial charge in [0.15, 0.2) is 5.78 Å². The fourth-order valence-corrected chi connectivity index (χ4v) is 2.47. The van der Waals surface area contributed by atoms with Gasteiger partial charge in [-0.3, -0.25) is 4.79 Å². The summed E-state index contributed by atoms with van der Waals surface area (Å²) in [6, 6.07) is 6.07. The first-order chi connectivity index (χ1) is 7.66. The fourth-order valence-electron chi connectivity index (χ4n) is 2.12. The Bertz CT molecular complexity index is 581. The highest BCUT2D eigenvalue weighted by atomic mass is 79.9. The monoisotopic (exact) mass is 277 g/mol. The molecule has 0 aliphatic heterocycles. The van der Waals surface area contributed by atoms with Gasteiger partial charge in [0.2, 0.25) is 0 Å². The van der Waals surface area contributed by atoms with E-state index in [0.29, 0.717) is 5.78 Å². The van der Waals surface area contributed by atoms with Crippen LogP contribution in [0.15, 0.2) is 28.9 Å². The van der Waals surface area contributed by atoms with Crippen molar-refractivity contribution in [2.45, 2.75) is 12.8 Å². The van der Waals surface area contributed by atoms with Crippen LogP contribution in [-0.4, -0.2) is 10.4 Å². The summed E-state index contributed by atoms with van der Waals surface area (Å²) >= 11 is 3.46. The van der Waals surface area contributed by atoms with Gasteiger partial charge < -0.3 is 4.57 Å². The molecule has 1 saturated carbocycles. The summed E-state index contributed by atoms with van der Waals surface area (Å²) in [5.74, 6) is 0.599. The van der Waals surface area contributed by atoms with E-state index in [-0.39, 0.29) is 5.92 Å². The van der Waals surface area contributed by atoms with Gasteiger partial charge in [-0.1, -0.05) is 22.0 Å². The zero-order valence-electron chi connectivity index (χ0n) is 9.03. The van der Waals surface area contributed by atoms with E-state index >= 15 is 0 Å². The summed E-state index contributed by atoms with van der Waals surface area (Å²) in [7, 11) is 1.98. The second kappa shape index (κ2) is 3.45. The van der Waals surface area contributed by atoms with Crippen LogP contribution < -0.4 is 0 Å². The van der Waals surface area contributed by atoms with Crippen LogP contribution in [0.25, 0.3) is 10.9 Å². The molecular formula is C13H12BrNO. The molecule has 0 bridgehead atoms. The number of rotatable bonds is 2. The highest BCUT2D eigenvalue weighted by Crippen LogP contribution is 2.35. The minimum Gasteiger partial charge on any atom is -0.350 e. The fraction of sp³-hybridized carbons (Fsp3) is 0.308. The van der Waals surface area contributed by atoms with Crippen LogP contribution in [0.5, 0.6) is 0 Å². The highest BCUT2D eigenvalue weighted by molar-refractivity contribution is 9.10. The van der Waals surface area contributed by atoms with Gasteiger partial charge >= 0.3 is 0 Å². The molecule has 3 heteroatoms. The number of aromatic nitrogens is 1. The molecule has 0 N–H and O–H groups in total. The Hall–Kier alpha value is -1.09. The van der Waals surface area contributed by atoms with Gasteiger partial charge in [-0.2, -0.15) is 0 Å². The lowest BCUT2D eigenvalue weighted by atomic mass is 10.1. The number of halogens is 1. The molecule has 2 aromatic rings. The van der Waals surface area contributed by atoms with Crippen LogP contribution in [0.1, 0.15) is 23.2 Å². The van der Waals surface area contributed by atoms with Gasteiger partial charge in [0, 0.05) is 40.1 Å². The zero-order valence-corrected chi connectivity index (χ0v) is 10.6. The average Bonchev–Trinajstić information content (AvgIpc) is 3.05. The summed E-state index contributed by atoms with van der Waals surface area (Å²) in [5, 5.41) is 1.07. The Labute approximate surface area is 102 Å². The Morgan fingerprint density at radius 2 is 2.19 bits per heavy atom. The molecule has 1 heterocycles. The number of nitrogens with zero attached hydrogens (tertiary/aromatic N) is 1. The van der Waals surface area contributed by atoms with Crippen molar-refractivity contribution in [2.24, 2.45) is 13.0 Å². The summed E-state index contributed by atoms with van der Waals surface area (Å²) in [6.45, 7) is 0. The number of carbonyl (C=O) groups is 1. The average molecular weight is 278 g/mol. The van der Waals surface area contributed by atoms with E-state index in [1.807, 2.05) is 29.9 Å². The summed E-state index contributed by atoms with van der Waals surface area (Å²) in [6.07, 6.45) is 4.08. The van der Waals surface area contributed by atoms with E-state index in [4.69, 9.17) is 0 Å². The van der Waals surface area contributed by atoms with Crippen molar-refractivity contribution in [3.8, 4) is 0 Å². The minimum atomic E-state index is 0.286. The van der Waals surface area contributed by atoms with Gasteiger partial charge in [0.1, 0.15) is 0 Å². The van der Waals surface area contributed by atoms with Crippen molar-refractivity contribution in [1.29, 1.82) is 0 Å². The lowest BCUT2D eigenvalue weighted by molar-refractivity contribution is 0.0969. The largest absolute Gasteiger partial charge is 0.350 e. The van der Waals surface area contributed by atoms with Gasteiger partial charge in [-0.25, -0.2) is 0 Å². The maximum absolute atomic E-state index is 12.1. The van der Waals surface area contributed by atoms with Crippen molar-refractivity contribution in [3.05, 3.63) is 34.4 Å². The lowest BCUT2D eigenvalue weighted by Gasteiger charge is -1.97. The first-order valence-corrected chi connectivity index (χ1v) is 6.25. The van der Waals surface area contributed by atoms with E-state index < -0.39 is 0 Å². The third kappa shape index (κ3) is 1.50. The number of ketones is 1. The Kier molecular flexibility index (Phi) is 2.18. The molecule has 3 rings (SSSR count). The van der Waals surface area contributed by atoms with Crippen molar-refractivity contribution in [3.63, 3.8) is 0 Å². The normalized spacial score (nSPS) is 15.6. The molecule has 1 fully saturated rings. The Morgan fingerprint density at radius 1 is 1.44 bits per heavy atom. The number of benzene rings is 1. The van der Waals surface area contributed by atoms with E-state index in [9.17, 15) is 4.79 Å². The number of hydrogen-bond donors (Lipinski definition) is 0. The van der Waals surface area contributed by atoms with Crippen LogP contribution in [0.3, 0.4) is 0 Å². The van der Waals surface area contributed by atoms with Crippen molar-refractivity contribution in [2.75, 3.05) is 0 Å².